The van der Waals surface area contributed by atoms with E-state index in [2.05, 4.69) is 25.6 Å². The van der Waals surface area contributed by atoms with E-state index in [-0.39, 0.29) is 18.5 Å². The van der Waals surface area contributed by atoms with E-state index >= 15 is 0 Å². The van der Waals surface area contributed by atoms with Gasteiger partial charge in [0.15, 0.2) is 0 Å². The lowest BCUT2D eigenvalue weighted by Gasteiger charge is -2.14. The molecule has 0 saturated heterocycles. The molecule has 3 rings (SSSR count). The van der Waals surface area contributed by atoms with Gasteiger partial charge in [-0.2, -0.15) is 4.98 Å². The lowest BCUT2D eigenvalue weighted by molar-refractivity contribution is 0.281. The maximum atomic E-state index is 13.9. The van der Waals surface area contributed by atoms with Crippen LogP contribution in [-0.4, -0.2) is 32.7 Å². The average Bonchev–Trinajstić information content (AvgIpc) is 2.64. The quantitative estimate of drug-likeness (QED) is 0.640. The first-order valence-electron chi connectivity index (χ1n) is 7.85. The molecule has 2 heterocycles. The normalized spacial score (nSPS) is 11.8. The summed E-state index contributed by atoms with van der Waals surface area (Å²) in [6, 6.07) is 13.3. The van der Waals surface area contributed by atoms with Crippen LogP contribution in [0.1, 0.15) is 6.92 Å². The summed E-state index contributed by atoms with van der Waals surface area (Å²) in [6.45, 7) is 1.74. The molecule has 6 nitrogen and oxygen atoms in total. The predicted molar refractivity (Wildman–Crippen MR) is 95.1 cm³/mol. The molecule has 0 amide bonds. The Kier molecular flexibility index (Phi) is 5.15. The van der Waals surface area contributed by atoms with Gasteiger partial charge in [-0.15, -0.1) is 0 Å². The zero-order chi connectivity index (χ0) is 17.6. The number of aliphatic hydroxyl groups excluding tert-OH is 1. The fourth-order valence-corrected chi connectivity index (χ4v) is 2.19. The van der Waals surface area contributed by atoms with E-state index in [4.69, 9.17) is 0 Å². The summed E-state index contributed by atoms with van der Waals surface area (Å²) in [4.78, 5) is 13.1. The Balaban J connectivity index is 1.99. The Morgan fingerprint density at radius 1 is 1.08 bits per heavy atom. The van der Waals surface area contributed by atoms with Crippen molar-refractivity contribution in [1.82, 2.24) is 15.0 Å². The Bertz CT molecular complexity index is 844. The van der Waals surface area contributed by atoms with Gasteiger partial charge < -0.3 is 15.7 Å². The molecule has 0 fully saturated rings. The molecule has 0 radical (unpaired) electrons. The van der Waals surface area contributed by atoms with Crippen LogP contribution in [0.3, 0.4) is 0 Å². The van der Waals surface area contributed by atoms with Crippen molar-refractivity contribution in [2.75, 3.05) is 17.2 Å². The molecule has 7 heteroatoms. The maximum Gasteiger partial charge on any atom is 0.225 e. The summed E-state index contributed by atoms with van der Waals surface area (Å²) < 4.78 is 13.9. The smallest absolute Gasteiger partial charge is 0.225 e. The van der Waals surface area contributed by atoms with Crippen molar-refractivity contribution in [2.24, 2.45) is 0 Å². The lowest BCUT2D eigenvalue weighted by atomic mass is 10.2. The van der Waals surface area contributed by atoms with Crippen molar-refractivity contribution >= 4 is 17.5 Å². The van der Waals surface area contributed by atoms with E-state index in [1.807, 2.05) is 18.2 Å². The van der Waals surface area contributed by atoms with Gasteiger partial charge in [-0.1, -0.05) is 18.2 Å². The summed E-state index contributed by atoms with van der Waals surface area (Å²) in [6.07, 6.45) is 1.67. The van der Waals surface area contributed by atoms with Gasteiger partial charge in [0, 0.05) is 18.3 Å². The lowest BCUT2D eigenvalue weighted by Crippen LogP contribution is -2.21. The van der Waals surface area contributed by atoms with Crippen molar-refractivity contribution < 1.29 is 9.50 Å². The third kappa shape index (κ3) is 4.27. The number of benzene rings is 1. The summed E-state index contributed by atoms with van der Waals surface area (Å²) >= 11 is 0. The Morgan fingerprint density at radius 3 is 2.60 bits per heavy atom. The molecule has 128 valence electrons. The highest BCUT2D eigenvalue weighted by Crippen LogP contribution is 2.23. The fraction of sp³-hybridized carbons (Fsp3) is 0.167. The van der Waals surface area contributed by atoms with Crippen molar-refractivity contribution in [3.8, 4) is 11.4 Å². The molecule has 0 saturated carbocycles. The minimum absolute atomic E-state index is 0.0623. The molecule has 0 bridgehead atoms. The molecular formula is C18H18FN5O. The number of rotatable bonds is 6. The Hall–Kier alpha value is -3.06. The van der Waals surface area contributed by atoms with Gasteiger partial charge in [-0.05, 0) is 31.2 Å². The number of para-hydroxylation sites is 1. The highest BCUT2D eigenvalue weighted by molar-refractivity contribution is 5.65. The number of aliphatic hydroxyl groups is 1. The van der Waals surface area contributed by atoms with Crippen LogP contribution in [-0.2, 0) is 0 Å². The van der Waals surface area contributed by atoms with Gasteiger partial charge >= 0.3 is 0 Å². The molecule has 25 heavy (non-hydrogen) atoms. The minimum atomic E-state index is -0.376. The Morgan fingerprint density at radius 2 is 1.88 bits per heavy atom. The molecule has 0 unspecified atom stereocenters. The van der Waals surface area contributed by atoms with Crippen molar-refractivity contribution in [2.45, 2.75) is 13.0 Å². The standard InChI is InChI=1S/C18H18FN5O/c1-12(11-25)21-18-23-16(15-8-4-5-9-20-15)10-17(24-18)22-14-7-3-2-6-13(14)19/h2-10,12,25H,11H2,1H3,(H2,21,22,23,24)/t12-/m0/s1. The number of nitrogens with zero attached hydrogens (tertiary/aromatic N) is 3. The minimum Gasteiger partial charge on any atom is -0.394 e. The predicted octanol–water partition coefficient (Wildman–Crippen LogP) is 3.21. The summed E-state index contributed by atoms with van der Waals surface area (Å²) in [5, 5.41) is 15.2. The van der Waals surface area contributed by atoms with Gasteiger partial charge in [0.2, 0.25) is 5.95 Å². The van der Waals surface area contributed by atoms with Crippen molar-refractivity contribution in [1.29, 1.82) is 0 Å². The first-order valence-corrected chi connectivity index (χ1v) is 7.85. The third-order valence-electron chi connectivity index (χ3n) is 3.44. The first-order chi connectivity index (χ1) is 12.2. The summed E-state index contributed by atoms with van der Waals surface area (Å²) in [5.74, 6) is 0.371. The van der Waals surface area contributed by atoms with Gasteiger partial charge in [-0.25, -0.2) is 9.37 Å². The van der Waals surface area contributed by atoms with Crippen LogP contribution in [0.15, 0.2) is 54.7 Å². The van der Waals surface area contributed by atoms with Crippen LogP contribution < -0.4 is 10.6 Å². The van der Waals surface area contributed by atoms with E-state index < -0.39 is 0 Å². The number of halogens is 1. The SMILES string of the molecule is C[C@@H](CO)Nc1nc(Nc2ccccc2F)cc(-c2ccccn2)n1. The first kappa shape index (κ1) is 16.8. The molecule has 3 N–H and O–H groups in total. The summed E-state index contributed by atoms with van der Waals surface area (Å²) in [5.41, 5.74) is 1.57. The maximum absolute atomic E-state index is 13.9. The highest BCUT2D eigenvalue weighted by atomic mass is 19.1. The number of hydrogen-bond acceptors (Lipinski definition) is 6. The van der Waals surface area contributed by atoms with Crippen LogP contribution in [0, 0.1) is 5.82 Å². The molecule has 2 aromatic heterocycles. The molecule has 1 aromatic carbocycles. The molecule has 3 aromatic rings. The van der Waals surface area contributed by atoms with Gasteiger partial charge in [-0.3, -0.25) is 4.98 Å². The average molecular weight is 339 g/mol. The van der Waals surface area contributed by atoms with Crippen molar-refractivity contribution in [3.63, 3.8) is 0 Å². The number of hydrogen-bond donors (Lipinski definition) is 3. The van der Waals surface area contributed by atoms with Crippen LogP contribution in [0.25, 0.3) is 11.4 Å². The second-order valence-corrected chi connectivity index (χ2v) is 5.51. The largest absolute Gasteiger partial charge is 0.394 e. The van der Waals surface area contributed by atoms with Crippen LogP contribution in [0.4, 0.5) is 21.8 Å². The van der Waals surface area contributed by atoms with Crippen molar-refractivity contribution in [3.05, 3.63) is 60.5 Å². The van der Waals surface area contributed by atoms with Crippen LogP contribution >= 0.6 is 0 Å². The van der Waals surface area contributed by atoms with E-state index in [1.165, 1.54) is 6.07 Å². The van der Waals surface area contributed by atoms with Gasteiger partial charge in [0.25, 0.3) is 0 Å². The molecule has 0 spiro atoms. The summed E-state index contributed by atoms with van der Waals surface area (Å²) in [7, 11) is 0. The molecule has 0 aliphatic heterocycles. The van der Waals surface area contributed by atoms with Gasteiger partial charge in [0.1, 0.15) is 11.6 Å². The zero-order valence-corrected chi connectivity index (χ0v) is 13.6. The fourth-order valence-electron chi connectivity index (χ4n) is 2.19. The van der Waals surface area contributed by atoms with Crippen LogP contribution in [0.5, 0.6) is 0 Å². The van der Waals surface area contributed by atoms with E-state index in [0.717, 1.165) is 0 Å². The number of aromatic nitrogens is 3. The van der Waals surface area contributed by atoms with Crippen LogP contribution in [0.2, 0.25) is 0 Å². The molecule has 0 aliphatic rings. The second kappa shape index (κ2) is 7.67. The van der Waals surface area contributed by atoms with E-state index in [1.54, 1.807) is 37.4 Å². The number of pyridine rings is 1. The van der Waals surface area contributed by atoms with Gasteiger partial charge in [0.05, 0.1) is 23.7 Å². The number of anilines is 3. The molecular weight excluding hydrogens is 321 g/mol. The molecule has 1 atom stereocenters. The monoisotopic (exact) mass is 339 g/mol. The highest BCUT2D eigenvalue weighted by Gasteiger charge is 2.11. The zero-order valence-electron chi connectivity index (χ0n) is 13.6. The number of nitrogens with one attached hydrogen (secondary N) is 2. The van der Waals surface area contributed by atoms with E-state index in [9.17, 15) is 9.50 Å². The Labute approximate surface area is 144 Å². The van der Waals surface area contributed by atoms with E-state index in [0.29, 0.717) is 28.8 Å². The second-order valence-electron chi connectivity index (χ2n) is 5.51. The third-order valence-corrected chi connectivity index (χ3v) is 3.44. The molecule has 0 aliphatic carbocycles. The topological polar surface area (TPSA) is 83.0 Å².